The molecule has 0 aromatic heterocycles. The summed E-state index contributed by atoms with van der Waals surface area (Å²) in [6.45, 7) is 4.50. The molecule has 1 aliphatic rings. The molecule has 2 aromatic carbocycles. The molecule has 0 fully saturated rings. The van der Waals surface area contributed by atoms with Crippen molar-refractivity contribution in [3.05, 3.63) is 53.6 Å². The number of rotatable bonds is 4. The summed E-state index contributed by atoms with van der Waals surface area (Å²) < 4.78 is 0. The summed E-state index contributed by atoms with van der Waals surface area (Å²) in [6, 6.07) is 15.3. The van der Waals surface area contributed by atoms with E-state index in [2.05, 4.69) is 55.6 Å². The van der Waals surface area contributed by atoms with Gasteiger partial charge in [0.25, 0.3) is 0 Å². The maximum atomic E-state index is 11.4. The van der Waals surface area contributed by atoms with Gasteiger partial charge in [-0.25, -0.2) is 0 Å². The molecule has 0 spiro atoms. The number of nitrogens with one attached hydrogen (secondary N) is 1. The summed E-state index contributed by atoms with van der Waals surface area (Å²) >= 11 is 0. The van der Waals surface area contributed by atoms with Crippen molar-refractivity contribution in [3.63, 3.8) is 0 Å². The smallest absolute Gasteiger partial charge is 0.224 e. The number of amides is 1. The van der Waals surface area contributed by atoms with Crippen LogP contribution >= 0.6 is 0 Å². The fourth-order valence-electron chi connectivity index (χ4n) is 3.27. The third kappa shape index (κ3) is 2.92. The molecule has 22 heavy (non-hydrogen) atoms. The first-order chi connectivity index (χ1) is 10.7. The molecule has 1 N–H and O–H groups in total. The fraction of sp³-hybridized carbons (Fsp3) is 0.350. The summed E-state index contributed by atoms with van der Waals surface area (Å²) in [5.74, 6) is 0.780. The topological polar surface area (TPSA) is 29.1 Å². The Morgan fingerprint density at radius 1 is 0.955 bits per heavy atom. The van der Waals surface area contributed by atoms with E-state index >= 15 is 0 Å². The Morgan fingerprint density at radius 3 is 2.32 bits per heavy atom. The van der Waals surface area contributed by atoms with Gasteiger partial charge in [-0.05, 0) is 59.6 Å². The Balaban J connectivity index is 1.87. The van der Waals surface area contributed by atoms with E-state index in [0.29, 0.717) is 12.3 Å². The average molecular weight is 293 g/mol. The van der Waals surface area contributed by atoms with E-state index in [4.69, 9.17) is 0 Å². The Bertz CT molecular complexity index is 669. The number of carbonyl (C=O) groups excluding carboxylic acids is 1. The maximum absolute atomic E-state index is 11.4. The van der Waals surface area contributed by atoms with E-state index < -0.39 is 0 Å². The van der Waals surface area contributed by atoms with Gasteiger partial charge >= 0.3 is 0 Å². The van der Waals surface area contributed by atoms with Crippen molar-refractivity contribution in [1.29, 1.82) is 0 Å². The van der Waals surface area contributed by atoms with E-state index in [0.717, 1.165) is 12.1 Å². The van der Waals surface area contributed by atoms with Crippen molar-refractivity contribution < 1.29 is 4.79 Å². The van der Waals surface area contributed by atoms with Gasteiger partial charge in [0.15, 0.2) is 0 Å². The number of aryl methyl sites for hydroxylation is 1. The lowest BCUT2D eigenvalue weighted by Gasteiger charge is -2.18. The minimum atomic E-state index is 0.120. The molecule has 0 saturated carbocycles. The quantitative estimate of drug-likeness (QED) is 0.830. The zero-order valence-electron chi connectivity index (χ0n) is 13.4. The first kappa shape index (κ1) is 14.8. The van der Waals surface area contributed by atoms with Crippen LogP contribution in [0.5, 0.6) is 0 Å². The molecule has 1 aliphatic heterocycles. The van der Waals surface area contributed by atoms with Crippen molar-refractivity contribution in [2.45, 2.75) is 45.4 Å². The third-order valence-corrected chi connectivity index (χ3v) is 4.70. The molecular weight excluding hydrogens is 270 g/mol. The fourth-order valence-corrected chi connectivity index (χ4v) is 3.27. The SMILES string of the molecule is CCC(CC)c1ccc(-c2ccc3c(c2)CCC(=O)N3)cc1. The van der Waals surface area contributed by atoms with Crippen molar-refractivity contribution in [3.8, 4) is 11.1 Å². The van der Waals surface area contributed by atoms with Crippen LogP contribution in [-0.2, 0) is 11.2 Å². The van der Waals surface area contributed by atoms with Crippen LogP contribution in [0.2, 0.25) is 0 Å². The van der Waals surface area contributed by atoms with Gasteiger partial charge in [0.1, 0.15) is 0 Å². The molecule has 3 rings (SSSR count). The Morgan fingerprint density at radius 2 is 1.64 bits per heavy atom. The first-order valence-corrected chi connectivity index (χ1v) is 8.24. The molecule has 0 saturated heterocycles. The first-order valence-electron chi connectivity index (χ1n) is 8.24. The van der Waals surface area contributed by atoms with E-state index in [9.17, 15) is 4.79 Å². The van der Waals surface area contributed by atoms with Crippen LogP contribution in [0.1, 0.15) is 50.2 Å². The van der Waals surface area contributed by atoms with Crippen LogP contribution in [0.25, 0.3) is 11.1 Å². The van der Waals surface area contributed by atoms with Crippen LogP contribution in [0.15, 0.2) is 42.5 Å². The highest BCUT2D eigenvalue weighted by molar-refractivity contribution is 5.94. The van der Waals surface area contributed by atoms with Gasteiger partial charge in [-0.2, -0.15) is 0 Å². The highest BCUT2D eigenvalue weighted by atomic mass is 16.1. The minimum absolute atomic E-state index is 0.120. The number of hydrogen-bond donors (Lipinski definition) is 1. The second-order valence-electron chi connectivity index (χ2n) is 6.06. The second kappa shape index (κ2) is 6.35. The molecule has 2 heteroatoms. The lowest BCUT2D eigenvalue weighted by Crippen LogP contribution is -2.18. The largest absolute Gasteiger partial charge is 0.326 e. The molecule has 0 atom stereocenters. The van der Waals surface area contributed by atoms with Crippen LogP contribution < -0.4 is 5.32 Å². The summed E-state index contributed by atoms with van der Waals surface area (Å²) in [4.78, 5) is 11.4. The number of hydrogen-bond acceptors (Lipinski definition) is 1. The summed E-state index contributed by atoms with van der Waals surface area (Å²) in [5.41, 5.74) is 6.11. The van der Waals surface area contributed by atoms with Gasteiger partial charge < -0.3 is 5.32 Å². The number of carbonyl (C=O) groups is 1. The molecule has 114 valence electrons. The summed E-state index contributed by atoms with van der Waals surface area (Å²) in [6.07, 6.45) is 3.80. The summed E-state index contributed by atoms with van der Waals surface area (Å²) in [5, 5.41) is 2.94. The number of fused-ring (bicyclic) bond motifs is 1. The van der Waals surface area contributed by atoms with Gasteiger partial charge in [0.2, 0.25) is 5.91 Å². The standard InChI is InChI=1S/C20H23NO/c1-3-14(4-2)15-5-7-16(8-6-15)17-9-11-19-18(13-17)10-12-20(22)21-19/h5-9,11,13-14H,3-4,10,12H2,1-2H3,(H,21,22). The minimum Gasteiger partial charge on any atom is -0.326 e. The van der Waals surface area contributed by atoms with Crippen LogP contribution in [0, 0.1) is 0 Å². The van der Waals surface area contributed by atoms with Crippen molar-refractivity contribution >= 4 is 11.6 Å². The van der Waals surface area contributed by atoms with Crippen LogP contribution in [-0.4, -0.2) is 5.91 Å². The third-order valence-electron chi connectivity index (χ3n) is 4.70. The maximum Gasteiger partial charge on any atom is 0.224 e. The average Bonchev–Trinajstić information content (AvgIpc) is 2.56. The molecule has 2 nitrogen and oxygen atoms in total. The zero-order chi connectivity index (χ0) is 15.5. The lowest BCUT2D eigenvalue weighted by molar-refractivity contribution is -0.116. The number of anilines is 1. The highest BCUT2D eigenvalue weighted by Crippen LogP contribution is 2.30. The summed E-state index contributed by atoms with van der Waals surface area (Å²) in [7, 11) is 0. The normalized spacial score (nSPS) is 13.9. The Kier molecular flexibility index (Phi) is 4.28. The van der Waals surface area contributed by atoms with Crippen molar-refractivity contribution in [2.24, 2.45) is 0 Å². The second-order valence-corrected chi connectivity index (χ2v) is 6.06. The molecule has 2 aromatic rings. The predicted octanol–water partition coefficient (Wildman–Crippen LogP) is 5.14. The van der Waals surface area contributed by atoms with E-state index in [1.807, 2.05) is 6.07 Å². The molecule has 0 radical (unpaired) electrons. The molecule has 0 aliphatic carbocycles. The van der Waals surface area contributed by atoms with E-state index in [-0.39, 0.29) is 5.91 Å². The predicted molar refractivity (Wildman–Crippen MR) is 92.2 cm³/mol. The molecular formula is C20H23NO. The van der Waals surface area contributed by atoms with E-state index in [1.54, 1.807) is 0 Å². The Hall–Kier alpha value is -2.09. The molecule has 1 amide bonds. The van der Waals surface area contributed by atoms with E-state index in [1.165, 1.54) is 35.1 Å². The van der Waals surface area contributed by atoms with Gasteiger partial charge in [0.05, 0.1) is 0 Å². The monoisotopic (exact) mass is 293 g/mol. The van der Waals surface area contributed by atoms with Gasteiger partial charge in [-0.15, -0.1) is 0 Å². The van der Waals surface area contributed by atoms with Crippen LogP contribution in [0.3, 0.4) is 0 Å². The van der Waals surface area contributed by atoms with Crippen molar-refractivity contribution in [1.82, 2.24) is 0 Å². The lowest BCUT2D eigenvalue weighted by atomic mass is 9.91. The number of benzene rings is 2. The van der Waals surface area contributed by atoms with Gasteiger partial charge in [0, 0.05) is 12.1 Å². The van der Waals surface area contributed by atoms with Gasteiger partial charge in [-0.3, -0.25) is 4.79 Å². The zero-order valence-corrected chi connectivity index (χ0v) is 13.4. The molecule has 0 unspecified atom stereocenters. The molecule has 1 heterocycles. The Labute approximate surface area is 132 Å². The van der Waals surface area contributed by atoms with Crippen LogP contribution in [0.4, 0.5) is 5.69 Å². The molecule has 0 bridgehead atoms. The van der Waals surface area contributed by atoms with Crippen molar-refractivity contribution in [2.75, 3.05) is 5.32 Å². The van der Waals surface area contributed by atoms with Gasteiger partial charge in [-0.1, -0.05) is 44.2 Å². The highest BCUT2D eigenvalue weighted by Gasteiger charge is 2.15.